The fourth-order valence-corrected chi connectivity index (χ4v) is 3.08. The van der Waals surface area contributed by atoms with Crippen LogP contribution in [0.1, 0.15) is 25.7 Å². The summed E-state index contributed by atoms with van der Waals surface area (Å²) in [5.41, 5.74) is 1.34. The Morgan fingerprint density at radius 3 is 2.29 bits per heavy atom. The fourth-order valence-electron chi connectivity index (χ4n) is 2.82. The fraction of sp³-hybridized carbons (Fsp3) is 0.647. The first-order valence-corrected chi connectivity index (χ1v) is 8.81. The highest BCUT2D eigenvalue weighted by Crippen LogP contribution is 2.19. The van der Waals surface area contributed by atoms with E-state index in [1.165, 1.54) is 51.0 Å². The van der Waals surface area contributed by atoms with Gasteiger partial charge in [-0.15, -0.1) is 0 Å². The summed E-state index contributed by atoms with van der Waals surface area (Å²) < 4.78 is 6.23. The lowest BCUT2D eigenvalue weighted by atomic mass is 10.2. The van der Waals surface area contributed by atoms with E-state index in [0.29, 0.717) is 0 Å². The summed E-state index contributed by atoms with van der Waals surface area (Å²) in [7, 11) is 1.78. The average Bonchev–Trinajstić information content (AvgIpc) is 2.52. The predicted octanol–water partition coefficient (Wildman–Crippen LogP) is 3.78. The second-order valence-electron chi connectivity index (χ2n) is 5.71. The number of hydrogen-bond acceptors (Lipinski definition) is 3. The number of rotatable bonds is 8. The van der Waals surface area contributed by atoms with Gasteiger partial charge in [0, 0.05) is 50.1 Å². The van der Waals surface area contributed by atoms with Crippen LogP contribution in [0.4, 0.5) is 5.69 Å². The highest BCUT2D eigenvalue weighted by molar-refractivity contribution is 9.10. The highest BCUT2D eigenvalue weighted by atomic mass is 79.9. The molecule has 3 nitrogen and oxygen atoms in total. The largest absolute Gasteiger partial charge is 0.385 e. The van der Waals surface area contributed by atoms with Crippen LogP contribution in [0.25, 0.3) is 0 Å². The van der Waals surface area contributed by atoms with Gasteiger partial charge >= 0.3 is 0 Å². The zero-order valence-corrected chi connectivity index (χ0v) is 14.6. The third-order valence-electron chi connectivity index (χ3n) is 4.14. The molecule has 0 unspecified atom stereocenters. The molecule has 0 amide bonds. The topological polar surface area (TPSA) is 15.7 Å². The molecule has 0 saturated carbocycles. The van der Waals surface area contributed by atoms with Gasteiger partial charge in [-0.1, -0.05) is 28.8 Å². The number of hydrogen-bond donors (Lipinski definition) is 0. The third-order valence-corrected chi connectivity index (χ3v) is 4.67. The van der Waals surface area contributed by atoms with E-state index in [-0.39, 0.29) is 0 Å². The first kappa shape index (κ1) is 16.8. The molecule has 1 aromatic rings. The molecule has 1 aliphatic rings. The first-order chi connectivity index (χ1) is 10.3. The van der Waals surface area contributed by atoms with Crippen LogP contribution >= 0.6 is 15.9 Å². The van der Waals surface area contributed by atoms with Crippen molar-refractivity contribution in [2.45, 2.75) is 25.7 Å². The number of methoxy groups -OCH3 is 1. The lowest BCUT2D eigenvalue weighted by molar-refractivity contribution is 0.190. The zero-order valence-electron chi connectivity index (χ0n) is 13.1. The van der Waals surface area contributed by atoms with Crippen LogP contribution in [0, 0.1) is 0 Å². The summed E-state index contributed by atoms with van der Waals surface area (Å²) >= 11 is 3.50. The van der Waals surface area contributed by atoms with Crippen molar-refractivity contribution >= 4 is 21.6 Å². The Balaban J connectivity index is 1.61. The van der Waals surface area contributed by atoms with Gasteiger partial charge in [-0.05, 0) is 43.7 Å². The van der Waals surface area contributed by atoms with E-state index in [2.05, 4.69) is 50.0 Å². The van der Waals surface area contributed by atoms with Gasteiger partial charge in [-0.25, -0.2) is 0 Å². The molecule has 1 aromatic carbocycles. The lowest BCUT2D eigenvalue weighted by Gasteiger charge is -2.36. The van der Waals surface area contributed by atoms with Crippen molar-refractivity contribution in [2.24, 2.45) is 0 Å². The van der Waals surface area contributed by atoms with Crippen molar-refractivity contribution in [3.05, 3.63) is 28.7 Å². The van der Waals surface area contributed by atoms with Gasteiger partial charge in [-0.3, -0.25) is 4.90 Å². The Morgan fingerprint density at radius 1 is 0.952 bits per heavy atom. The van der Waals surface area contributed by atoms with Gasteiger partial charge in [0.05, 0.1) is 0 Å². The molecule has 0 radical (unpaired) electrons. The minimum atomic E-state index is 0.909. The van der Waals surface area contributed by atoms with Gasteiger partial charge in [0.1, 0.15) is 0 Å². The maximum absolute atomic E-state index is 5.08. The molecule has 0 atom stereocenters. The van der Waals surface area contributed by atoms with Crippen molar-refractivity contribution < 1.29 is 4.74 Å². The van der Waals surface area contributed by atoms with E-state index in [1.54, 1.807) is 7.11 Å². The molecule has 0 spiro atoms. The summed E-state index contributed by atoms with van der Waals surface area (Å²) in [6.07, 6.45) is 5.15. The summed E-state index contributed by atoms with van der Waals surface area (Å²) in [6.45, 7) is 6.83. The molecular formula is C17H27BrN2O. The molecule has 0 N–H and O–H groups in total. The normalized spacial score (nSPS) is 16.4. The van der Waals surface area contributed by atoms with Gasteiger partial charge < -0.3 is 9.64 Å². The molecular weight excluding hydrogens is 328 g/mol. The summed E-state index contributed by atoms with van der Waals surface area (Å²) in [5.74, 6) is 0. The number of ether oxygens (including phenoxy) is 1. The zero-order chi connectivity index (χ0) is 14.9. The van der Waals surface area contributed by atoms with Crippen molar-refractivity contribution in [3.8, 4) is 0 Å². The molecule has 118 valence electrons. The van der Waals surface area contributed by atoms with Crippen LogP contribution in [-0.4, -0.2) is 51.3 Å². The van der Waals surface area contributed by atoms with Crippen LogP contribution in [0.2, 0.25) is 0 Å². The minimum absolute atomic E-state index is 0.909. The van der Waals surface area contributed by atoms with Crippen LogP contribution in [0.3, 0.4) is 0 Å². The summed E-state index contributed by atoms with van der Waals surface area (Å²) in [5, 5.41) is 0. The molecule has 0 bridgehead atoms. The van der Waals surface area contributed by atoms with Crippen molar-refractivity contribution in [3.63, 3.8) is 0 Å². The standard InChI is InChI=1S/C17H27BrN2O/c1-21-15-5-3-2-4-10-19-11-13-20(14-12-19)17-8-6-16(18)7-9-17/h6-9H,2-5,10-15H2,1H3. The van der Waals surface area contributed by atoms with Crippen LogP contribution in [-0.2, 0) is 4.74 Å². The first-order valence-electron chi connectivity index (χ1n) is 8.01. The van der Waals surface area contributed by atoms with Gasteiger partial charge in [0.25, 0.3) is 0 Å². The Bertz CT molecular complexity index is 388. The third kappa shape index (κ3) is 5.97. The molecule has 4 heteroatoms. The maximum atomic E-state index is 5.08. The number of unbranched alkanes of at least 4 members (excludes halogenated alkanes) is 3. The molecule has 1 saturated heterocycles. The monoisotopic (exact) mass is 354 g/mol. The molecule has 21 heavy (non-hydrogen) atoms. The quantitative estimate of drug-likeness (QED) is 0.660. The van der Waals surface area contributed by atoms with E-state index in [0.717, 1.165) is 24.2 Å². The Labute approximate surface area is 137 Å². The molecule has 0 aromatic heterocycles. The Hall–Kier alpha value is -0.580. The second kappa shape index (κ2) is 9.44. The predicted molar refractivity (Wildman–Crippen MR) is 93.1 cm³/mol. The number of halogens is 1. The smallest absolute Gasteiger partial charge is 0.0462 e. The Kier molecular flexibility index (Phi) is 7.54. The van der Waals surface area contributed by atoms with Crippen molar-refractivity contribution in [2.75, 3.05) is 51.3 Å². The van der Waals surface area contributed by atoms with E-state index in [1.807, 2.05) is 0 Å². The second-order valence-corrected chi connectivity index (χ2v) is 6.63. The van der Waals surface area contributed by atoms with Crippen molar-refractivity contribution in [1.82, 2.24) is 4.90 Å². The highest BCUT2D eigenvalue weighted by Gasteiger charge is 2.16. The summed E-state index contributed by atoms with van der Waals surface area (Å²) in [6, 6.07) is 8.66. The minimum Gasteiger partial charge on any atom is -0.385 e. The van der Waals surface area contributed by atoms with Crippen molar-refractivity contribution in [1.29, 1.82) is 0 Å². The van der Waals surface area contributed by atoms with E-state index >= 15 is 0 Å². The van der Waals surface area contributed by atoms with Gasteiger partial charge in [0.15, 0.2) is 0 Å². The van der Waals surface area contributed by atoms with E-state index in [4.69, 9.17) is 4.74 Å². The van der Waals surface area contributed by atoms with Gasteiger partial charge in [0.2, 0.25) is 0 Å². The number of anilines is 1. The van der Waals surface area contributed by atoms with Crippen LogP contribution < -0.4 is 4.90 Å². The molecule has 1 fully saturated rings. The number of nitrogens with zero attached hydrogens (tertiary/aromatic N) is 2. The van der Waals surface area contributed by atoms with Crippen LogP contribution in [0.15, 0.2) is 28.7 Å². The van der Waals surface area contributed by atoms with Gasteiger partial charge in [-0.2, -0.15) is 0 Å². The average molecular weight is 355 g/mol. The van der Waals surface area contributed by atoms with E-state index < -0.39 is 0 Å². The molecule has 1 heterocycles. The number of benzene rings is 1. The molecule has 1 aliphatic heterocycles. The van der Waals surface area contributed by atoms with Crippen LogP contribution in [0.5, 0.6) is 0 Å². The maximum Gasteiger partial charge on any atom is 0.0462 e. The molecule has 0 aliphatic carbocycles. The lowest BCUT2D eigenvalue weighted by Crippen LogP contribution is -2.46. The number of piperazine rings is 1. The van der Waals surface area contributed by atoms with E-state index in [9.17, 15) is 0 Å². The molecule has 2 rings (SSSR count). The SMILES string of the molecule is COCCCCCCN1CCN(c2ccc(Br)cc2)CC1. The summed E-state index contributed by atoms with van der Waals surface area (Å²) in [4.78, 5) is 5.09. The Morgan fingerprint density at radius 2 is 1.62 bits per heavy atom.